The summed E-state index contributed by atoms with van der Waals surface area (Å²) in [4.78, 5) is 22.1. The van der Waals surface area contributed by atoms with Crippen LogP contribution >= 0.6 is 11.6 Å². The van der Waals surface area contributed by atoms with Crippen molar-refractivity contribution in [1.29, 1.82) is 0 Å². The molecule has 0 aromatic heterocycles. The maximum atomic E-state index is 13.0. The number of amides is 1. The van der Waals surface area contributed by atoms with E-state index in [0.29, 0.717) is 12.4 Å². The third kappa shape index (κ3) is 5.30. The first kappa shape index (κ1) is 17.4. The van der Waals surface area contributed by atoms with Crippen LogP contribution in [0.25, 0.3) is 0 Å². The van der Waals surface area contributed by atoms with Crippen molar-refractivity contribution in [3.63, 3.8) is 0 Å². The highest BCUT2D eigenvalue weighted by Crippen LogP contribution is 2.23. The molecule has 1 rings (SSSR count). The Bertz CT molecular complexity index is 535. The first-order valence-electron chi connectivity index (χ1n) is 6.55. The van der Waals surface area contributed by atoms with E-state index in [1.807, 2.05) is 13.8 Å². The van der Waals surface area contributed by atoms with Crippen LogP contribution in [0.2, 0.25) is 0 Å². The number of hydrogen-bond donors (Lipinski definition) is 1. The van der Waals surface area contributed by atoms with E-state index in [1.165, 1.54) is 0 Å². The number of alkyl halides is 1. The van der Waals surface area contributed by atoms with Crippen LogP contribution in [0, 0.1) is 21.3 Å². The molecule has 1 aromatic carbocycles. The predicted molar refractivity (Wildman–Crippen MR) is 79.1 cm³/mol. The Balaban J connectivity index is 2.79. The Labute approximate surface area is 127 Å². The van der Waals surface area contributed by atoms with Gasteiger partial charge in [0.15, 0.2) is 0 Å². The summed E-state index contributed by atoms with van der Waals surface area (Å²) in [6, 6.07) is 2.89. The average Bonchev–Trinajstić information content (AvgIpc) is 2.42. The molecule has 0 radical (unpaired) electrons. The molecule has 21 heavy (non-hydrogen) atoms. The summed E-state index contributed by atoms with van der Waals surface area (Å²) in [6.07, 6.45) is 1.64. The summed E-state index contributed by atoms with van der Waals surface area (Å²) in [5.41, 5.74) is -0.847. The minimum absolute atomic E-state index is 0.144. The van der Waals surface area contributed by atoms with Crippen molar-refractivity contribution in [1.82, 2.24) is 5.32 Å². The van der Waals surface area contributed by atoms with Crippen LogP contribution in [0.15, 0.2) is 18.2 Å². The monoisotopic (exact) mass is 316 g/mol. The zero-order chi connectivity index (χ0) is 16.0. The van der Waals surface area contributed by atoms with Gasteiger partial charge in [-0.25, -0.2) is 4.39 Å². The third-order valence-corrected chi connectivity index (χ3v) is 3.38. The molecule has 1 N–H and O–H groups in total. The molecule has 0 aliphatic rings. The van der Waals surface area contributed by atoms with E-state index in [9.17, 15) is 19.3 Å². The molecule has 0 saturated heterocycles. The van der Waals surface area contributed by atoms with Crippen molar-refractivity contribution in [2.24, 2.45) is 5.41 Å². The number of halogens is 2. The number of nitrogens with zero attached hydrogens (tertiary/aromatic N) is 1. The number of hydrogen-bond acceptors (Lipinski definition) is 3. The van der Waals surface area contributed by atoms with Crippen LogP contribution in [0.5, 0.6) is 0 Å². The molecule has 0 atom stereocenters. The summed E-state index contributed by atoms with van der Waals surface area (Å²) in [6.45, 7) is 4.30. The van der Waals surface area contributed by atoms with E-state index in [-0.39, 0.29) is 11.0 Å². The van der Waals surface area contributed by atoms with Gasteiger partial charge >= 0.3 is 0 Å². The van der Waals surface area contributed by atoms with Gasteiger partial charge in [0.1, 0.15) is 11.4 Å². The van der Waals surface area contributed by atoms with Crippen LogP contribution in [-0.2, 0) is 0 Å². The number of nitrogens with one attached hydrogen (secondary N) is 1. The molecular formula is C14H18ClFN2O3. The summed E-state index contributed by atoms with van der Waals surface area (Å²) in [7, 11) is 0. The Hall–Kier alpha value is -1.69. The smallest absolute Gasteiger partial charge is 0.285 e. The van der Waals surface area contributed by atoms with Gasteiger partial charge < -0.3 is 5.32 Å². The molecule has 0 saturated carbocycles. The molecule has 5 nitrogen and oxygen atoms in total. The number of nitro benzene ring substituents is 1. The number of carbonyl (C=O) groups excluding carboxylic acids is 1. The first-order chi connectivity index (χ1) is 9.76. The van der Waals surface area contributed by atoms with E-state index in [2.05, 4.69) is 5.32 Å². The molecule has 0 bridgehead atoms. The fourth-order valence-electron chi connectivity index (χ4n) is 1.90. The molecule has 7 heteroatoms. The van der Waals surface area contributed by atoms with Gasteiger partial charge in [0.2, 0.25) is 0 Å². The molecule has 0 spiro atoms. The second-order valence-electron chi connectivity index (χ2n) is 5.56. The van der Waals surface area contributed by atoms with Crippen LogP contribution in [0.1, 0.15) is 37.0 Å². The van der Waals surface area contributed by atoms with Gasteiger partial charge in [0.05, 0.1) is 11.0 Å². The van der Waals surface area contributed by atoms with Crippen molar-refractivity contribution >= 4 is 23.2 Å². The van der Waals surface area contributed by atoms with Gasteiger partial charge in [-0.2, -0.15) is 0 Å². The van der Waals surface area contributed by atoms with E-state index in [0.717, 1.165) is 31.0 Å². The zero-order valence-corrected chi connectivity index (χ0v) is 12.7. The maximum absolute atomic E-state index is 13.0. The number of rotatable bonds is 7. The largest absolute Gasteiger partial charge is 0.351 e. The molecule has 1 amide bonds. The van der Waals surface area contributed by atoms with E-state index < -0.39 is 22.3 Å². The molecule has 0 fully saturated rings. The van der Waals surface area contributed by atoms with Crippen molar-refractivity contribution in [2.75, 3.05) is 12.4 Å². The summed E-state index contributed by atoms with van der Waals surface area (Å²) >= 11 is 5.64. The molecule has 0 unspecified atom stereocenters. The van der Waals surface area contributed by atoms with Crippen LogP contribution in [0.3, 0.4) is 0 Å². The minimum Gasteiger partial charge on any atom is -0.351 e. The van der Waals surface area contributed by atoms with Gasteiger partial charge in [0, 0.05) is 12.4 Å². The Morgan fingerprint density at radius 2 is 2.14 bits per heavy atom. The minimum atomic E-state index is -0.767. The normalized spacial score (nSPS) is 11.2. The van der Waals surface area contributed by atoms with Crippen LogP contribution < -0.4 is 5.32 Å². The highest BCUT2D eigenvalue weighted by molar-refractivity contribution is 6.17. The molecule has 0 aliphatic carbocycles. The molecule has 0 aliphatic heterocycles. The van der Waals surface area contributed by atoms with Gasteiger partial charge in [-0.1, -0.05) is 13.8 Å². The molecule has 0 heterocycles. The lowest BCUT2D eigenvalue weighted by Gasteiger charge is -2.24. The van der Waals surface area contributed by atoms with Crippen LogP contribution in [0.4, 0.5) is 10.1 Å². The van der Waals surface area contributed by atoms with Crippen molar-refractivity contribution in [3.8, 4) is 0 Å². The van der Waals surface area contributed by atoms with Crippen LogP contribution in [-0.4, -0.2) is 23.3 Å². The van der Waals surface area contributed by atoms with Gasteiger partial charge in [0.25, 0.3) is 11.6 Å². The number of carbonyl (C=O) groups is 1. The van der Waals surface area contributed by atoms with Gasteiger partial charge in [-0.15, -0.1) is 11.6 Å². The van der Waals surface area contributed by atoms with E-state index in [4.69, 9.17) is 11.6 Å². The molecule has 116 valence electrons. The maximum Gasteiger partial charge on any atom is 0.285 e. The highest BCUT2D eigenvalue weighted by Gasteiger charge is 2.23. The number of benzene rings is 1. The predicted octanol–water partition coefficient (Wildman–Crippen LogP) is 3.51. The lowest BCUT2D eigenvalue weighted by atomic mass is 9.88. The first-order valence-corrected chi connectivity index (χ1v) is 7.08. The quantitative estimate of drug-likeness (QED) is 0.475. The van der Waals surface area contributed by atoms with Gasteiger partial charge in [-0.05, 0) is 30.4 Å². The van der Waals surface area contributed by atoms with E-state index in [1.54, 1.807) is 0 Å². The fraction of sp³-hybridized carbons (Fsp3) is 0.500. The lowest BCUT2D eigenvalue weighted by Crippen LogP contribution is -2.34. The lowest BCUT2D eigenvalue weighted by molar-refractivity contribution is -0.385. The van der Waals surface area contributed by atoms with Crippen molar-refractivity contribution in [2.45, 2.75) is 26.7 Å². The Kier molecular flexibility index (Phi) is 6.08. The molecular weight excluding hydrogens is 299 g/mol. The second kappa shape index (κ2) is 7.36. The van der Waals surface area contributed by atoms with E-state index >= 15 is 0 Å². The average molecular weight is 317 g/mol. The second-order valence-corrected chi connectivity index (χ2v) is 5.94. The van der Waals surface area contributed by atoms with Gasteiger partial charge in [-0.3, -0.25) is 14.9 Å². The SMILES string of the molecule is CC(C)(CCCCl)CNC(=O)c1ccc(F)cc1[N+](=O)[O-]. The third-order valence-electron chi connectivity index (χ3n) is 3.12. The summed E-state index contributed by atoms with van der Waals surface area (Å²) in [5.74, 6) is -0.790. The zero-order valence-electron chi connectivity index (χ0n) is 12.0. The van der Waals surface area contributed by atoms with Crippen molar-refractivity contribution < 1.29 is 14.1 Å². The summed E-state index contributed by atoms with van der Waals surface area (Å²) < 4.78 is 13.0. The topological polar surface area (TPSA) is 72.2 Å². The summed E-state index contributed by atoms with van der Waals surface area (Å²) in [5, 5.41) is 13.5. The Morgan fingerprint density at radius 3 is 2.71 bits per heavy atom. The highest BCUT2D eigenvalue weighted by atomic mass is 35.5. The fourth-order valence-corrected chi connectivity index (χ4v) is 2.03. The number of nitro groups is 1. The molecule has 1 aromatic rings. The van der Waals surface area contributed by atoms with Crippen molar-refractivity contribution in [3.05, 3.63) is 39.7 Å². The standard InChI is InChI=1S/C14H18ClFN2O3/c1-14(2,6-3-7-15)9-17-13(19)11-5-4-10(16)8-12(11)18(20)21/h4-5,8H,3,6-7,9H2,1-2H3,(H,17,19). The Morgan fingerprint density at radius 1 is 1.48 bits per heavy atom.